The molecular formula is C6H14N2O2S. The molecule has 3 N–H and O–H groups in total. The zero-order chi connectivity index (χ0) is 8.06. The highest BCUT2D eigenvalue weighted by Crippen LogP contribution is 2.45. The monoisotopic (exact) mass is 178 g/mol. The maximum absolute atomic E-state index is 9.38. The second-order valence-electron chi connectivity index (χ2n) is 3.39. The molecule has 0 amide bonds. The SMILES string of the molecule is CS(O)(O)N1CC2C[C@H]1CN2. The first-order valence-electron chi connectivity index (χ1n) is 3.81. The van der Waals surface area contributed by atoms with Gasteiger partial charge in [0, 0.05) is 31.4 Å². The van der Waals surface area contributed by atoms with Crippen molar-refractivity contribution in [1.82, 2.24) is 9.62 Å². The fraction of sp³-hybridized carbons (Fsp3) is 1.00. The predicted molar refractivity (Wildman–Crippen MR) is 45.7 cm³/mol. The van der Waals surface area contributed by atoms with Gasteiger partial charge in [-0.2, -0.15) is 0 Å². The normalized spacial score (nSPS) is 39.9. The van der Waals surface area contributed by atoms with E-state index in [4.69, 9.17) is 0 Å². The zero-order valence-electron chi connectivity index (χ0n) is 6.53. The van der Waals surface area contributed by atoms with E-state index in [-0.39, 0.29) is 0 Å². The number of piperazine rings is 1. The van der Waals surface area contributed by atoms with Gasteiger partial charge < -0.3 is 5.32 Å². The van der Waals surface area contributed by atoms with Gasteiger partial charge in [0.1, 0.15) is 0 Å². The third-order valence-corrected chi connectivity index (χ3v) is 3.79. The van der Waals surface area contributed by atoms with Crippen LogP contribution < -0.4 is 5.32 Å². The van der Waals surface area contributed by atoms with Crippen LogP contribution in [0.25, 0.3) is 0 Å². The van der Waals surface area contributed by atoms with Crippen molar-refractivity contribution in [3.8, 4) is 0 Å². The second kappa shape index (κ2) is 2.34. The summed E-state index contributed by atoms with van der Waals surface area (Å²) in [5.41, 5.74) is 0. The van der Waals surface area contributed by atoms with Crippen molar-refractivity contribution in [2.45, 2.75) is 18.5 Å². The minimum absolute atomic E-state index is 0.356. The number of rotatable bonds is 1. The predicted octanol–water partition coefficient (Wildman–Crippen LogP) is 0.328. The summed E-state index contributed by atoms with van der Waals surface area (Å²) >= 11 is 0. The quantitative estimate of drug-likeness (QED) is 0.541. The summed E-state index contributed by atoms with van der Waals surface area (Å²) in [4.78, 5) is 0. The van der Waals surface area contributed by atoms with Crippen LogP contribution in [-0.2, 0) is 0 Å². The van der Waals surface area contributed by atoms with Crippen molar-refractivity contribution in [3.05, 3.63) is 0 Å². The molecule has 2 heterocycles. The molecule has 0 saturated carbocycles. The Kier molecular flexibility index (Phi) is 1.66. The second-order valence-corrected chi connectivity index (χ2v) is 5.44. The molecule has 2 aliphatic heterocycles. The zero-order valence-corrected chi connectivity index (χ0v) is 7.34. The summed E-state index contributed by atoms with van der Waals surface area (Å²) in [5.74, 6) is 0. The van der Waals surface area contributed by atoms with Gasteiger partial charge in [0.25, 0.3) is 0 Å². The number of hydrogen-bond acceptors (Lipinski definition) is 4. The fourth-order valence-electron chi connectivity index (χ4n) is 1.95. The average molecular weight is 178 g/mol. The van der Waals surface area contributed by atoms with Crippen LogP contribution in [0.15, 0.2) is 0 Å². The van der Waals surface area contributed by atoms with Crippen LogP contribution in [0.5, 0.6) is 0 Å². The number of nitrogens with zero attached hydrogens (tertiary/aromatic N) is 1. The van der Waals surface area contributed by atoms with Crippen LogP contribution in [0.1, 0.15) is 6.42 Å². The van der Waals surface area contributed by atoms with E-state index < -0.39 is 10.8 Å². The largest absolute Gasteiger partial charge is 0.311 e. The highest BCUT2D eigenvalue weighted by molar-refractivity contribution is 8.21. The number of hydrogen-bond donors (Lipinski definition) is 3. The molecule has 0 aliphatic carbocycles. The topological polar surface area (TPSA) is 55.7 Å². The van der Waals surface area contributed by atoms with Gasteiger partial charge in [-0.15, -0.1) is 10.8 Å². The van der Waals surface area contributed by atoms with E-state index in [0.717, 1.165) is 19.5 Å². The molecule has 11 heavy (non-hydrogen) atoms. The lowest BCUT2D eigenvalue weighted by molar-refractivity contribution is 0.309. The van der Waals surface area contributed by atoms with Gasteiger partial charge in [0.05, 0.1) is 0 Å². The van der Waals surface area contributed by atoms with Gasteiger partial charge in [0.15, 0.2) is 0 Å². The summed E-state index contributed by atoms with van der Waals surface area (Å²) in [6, 6.07) is 0.848. The van der Waals surface area contributed by atoms with E-state index in [1.54, 1.807) is 0 Å². The molecule has 2 fully saturated rings. The minimum atomic E-state index is -2.44. The maximum Gasteiger partial charge on any atom is 0.0430 e. The summed E-state index contributed by atoms with van der Waals surface area (Å²) in [7, 11) is -2.44. The van der Waals surface area contributed by atoms with Crippen molar-refractivity contribution in [3.63, 3.8) is 0 Å². The Labute approximate surface area is 68.1 Å². The first kappa shape index (κ1) is 7.82. The molecule has 2 atom stereocenters. The van der Waals surface area contributed by atoms with E-state index in [2.05, 4.69) is 5.32 Å². The van der Waals surface area contributed by atoms with Crippen molar-refractivity contribution in [2.75, 3.05) is 19.3 Å². The lowest BCUT2D eigenvalue weighted by Crippen LogP contribution is -2.44. The molecule has 2 saturated heterocycles. The summed E-state index contributed by atoms with van der Waals surface area (Å²) in [6.07, 6.45) is 2.58. The Morgan fingerprint density at radius 3 is 2.55 bits per heavy atom. The van der Waals surface area contributed by atoms with Crippen molar-refractivity contribution < 1.29 is 9.11 Å². The average Bonchev–Trinajstić information content (AvgIpc) is 2.42. The van der Waals surface area contributed by atoms with E-state index >= 15 is 0 Å². The van der Waals surface area contributed by atoms with Gasteiger partial charge in [0.2, 0.25) is 0 Å². The Bertz CT molecular complexity index is 170. The smallest absolute Gasteiger partial charge is 0.0430 e. The molecule has 0 spiro atoms. The van der Waals surface area contributed by atoms with Gasteiger partial charge in [-0.25, -0.2) is 4.31 Å². The van der Waals surface area contributed by atoms with Crippen LogP contribution >= 0.6 is 10.8 Å². The first-order chi connectivity index (χ1) is 5.07. The summed E-state index contributed by atoms with van der Waals surface area (Å²) < 4.78 is 20.6. The molecule has 0 aromatic heterocycles. The molecule has 1 unspecified atom stereocenters. The molecule has 0 aromatic carbocycles. The van der Waals surface area contributed by atoms with E-state index in [0.29, 0.717) is 12.1 Å². The van der Waals surface area contributed by atoms with E-state index in [9.17, 15) is 9.11 Å². The van der Waals surface area contributed by atoms with Crippen molar-refractivity contribution in [2.24, 2.45) is 0 Å². The molecule has 4 nitrogen and oxygen atoms in total. The van der Waals surface area contributed by atoms with Gasteiger partial charge in [-0.1, -0.05) is 0 Å². The Balaban J connectivity index is 2.08. The first-order valence-corrected chi connectivity index (χ1v) is 5.72. The molecule has 2 bridgehead atoms. The molecular weight excluding hydrogens is 164 g/mol. The molecule has 2 rings (SSSR count). The van der Waals surface area contributed by atoms with Gasteiger partial charge >= 0.3 is 0 Å². The third kappa shape index (κ3) is 1.27. The summed E-state index contributed by atoms with van der Waals surface area (Å²) in [5, 5.41) is 3.31. The third-order valence-electron chi connectivity index (χ3n) is 2.45. The maximum atomic E-state index is 9.38. The lowest BCUT2D eigenvalue weighted by atomic mass is 10.2. The standard InChI is InChI=1S/C6H14N2O2S/c1-11(9,10)8-4-5-2-6(8)3-7-5/h5-7,9-10H,2-4H2,1H3/t5?,6-/m0/s1. The van der Waals surface area contributed by atoms with E-state index in [1.807, 2.05) is 4.31 Å². The number of nitrogens with one attached hydrogen (secondary N) is 1. The highest BCUT2D eigenvalue weighted by Gasteiger charge is 2.41. The van der Waals surface area contributed by atoms with Crippen LogP contribution in [0, 0.1) is 0 Å². The van der Waals surface area contributed by atoms with Crippen molar-refractivity contribution >= 4 is 10.8 Å². The fourth-order valence-corrected chi connectivity index (χ4v) is 3.13. The Morgan fingerprint density at radius 2 is 2.27 bits per heavy atom. The Morgan fingerprint density at radius 1 is 1.55 bits per heavy atom. The van der Waals surface area contributed by atoms with Crippen LogP contribution in [0.4, 0.5) is 0 Å². The highest BCUT2D eigenvalue weighted by atomic mass is 32.3. The molecule has 2 aliphatic rings. The van der Waals surface area contributed by atoms with Gasteiger partial charge in [-0.05, 0) is 6.42 Å². The molecule has 5 heteroatoms. The van der Waals surface area contributed by atoms with Crippen LogP contribution in [0.2, 0.25) is 0 Å². The van der Waals surface area contributed by atoms with Crippen molar-refractivity contribution in [1.29, 1.82) is 0 Å². The minimum Gasteiger partial charge on any atom is -0.311 e. The summed E-state index contributed by atoms with van der Waals surface area (Å²) in [6.45, 7) is 1.71. The van der Waals surface area contributed by atoms with Gasteiger partial charge in [-0.3, -0.25) is 9.11 Å². The molecule has 0 radical (unpaired) electrons. The van der Waals surface area contributed by atoms with E-state index in [1.165, 1.54) is 6.26 Å². The molecule has 0 aromatic rings. The number of fused-ring (bicyclic) bond motifs is 2. The van der Waals surface area contributed by atoms with Crippen LogP contribution in [-0.4, -0.2) is 44.8 Å². The van der Waals surface area contributed by atoms with Crippen LogP contribution in [0.3, 0.4) is 0 Å². The Hall–Kier alpha value is 0.190. The molecule has 66 valence electrons. The lowest BCUT2D eigenvalue weighted by Gasteiger charge is -2.42.